The van der Waals surface area contributed by atoms with E-state index in [1.165, 1.54) is 0 Å². The van der Waals surface area contributed by atoms with Crippen molar-refractivity contribution in [1.82, 2.24) is 9.80 Å². The first-order chi connectivity index (χ1) is 15.1. The standard InChI is InChI=1S/C24H26N2O5/c1-29-22-10-9-18(13-23(22)30-2)24(28)26(14-19-7-5-11-25(19)16-27)15-20-12-17-6-3-4-8-21(17)31-20/h3-4,6,8-10,12-13,16,19H,5,7,11,14-15H2,1-2H3/t19-/m0/s1. The lowest BCUT2D eigenvalue weighted by Gasteiger charge is -2.28. The van der Waals surface area contributed by atoms with Gasteiger partial charge in [0, 0.05) is 30.1 Å². The summed E-state index contributed by atoms with van der Waals surface area (Å²) in [6.07, 6.45) is 2.68. The van der Waals surface area contributed by atoms with Gasteiger partial charge in [-0.05, 0) is 43.2 Å². The molecule has 1 aromatic heterocycles. The molecule has 0 unspecified atom stereocenters. The Balaban J connectivity index is 1.63. The van der Waals surface area contributed by atoms with Gasteiger partial charge in [0.15, 0.2) is 11.5 Å². The van der Waals surface area contributed by atoms with Gasteiger partial charge in [-0.2, -0.15) is 0 Å². The van der Waals surface area contributed by atoms with Crippen molar-refractivity contribution in [1.29, 1.82) is 0 Å². The highest BCUT2D eigenvalue weighted by Crippen LogP contribution is 2.29. The number of carbonyl (C=O) groups excluding carboxylic acids is 2. The van der Waals surface area contributed by atoms with Gasteiger partial charge in [-0.1, -0.05) is 18.2 Å². The average Bonchev–Trinajstić information content (AvgIpc) is 3.43. The topological polar surface area (TPSA) is 72.2 Å². The minimum atomic E-state index is -0.154. The van der Waals surface area contributed by atoms with Gasteiger partial charge in [0.25, 0.3) is 5.91 Å². The van der Waals surface area contributed by atoms with E-state index in [4.69, 9.17) is 13.9 Å². The second-order valence-electron chi connectivity index (χ2n) is 7.65. The van der Waals surface area contributed by atoms with Crippen molar-refractivity contribution < 1.29 is 23.5 Å². The van der Waals surface area contributed by atoms with Crippen molar-refractivity contribution >= 4 is 23.3 Å². The molecule has 1 fully saturated rings. The van der Waals surface area contributed by atoms with E-state index in [2.05, 4.69) is 0 Å². The first kappa shape index (κ1) is 20.8. The molecule has 2 aromatic carbocycles. The predicted molar refractivity (Wildman–Crippen MR) is 116 cm³/mol. The number of benzene rings is 2. The van der Waals surface area contributed by atoms with Gasteiger partial charge < -0.3 is 23.7 Å². The molecule has 0 bridgehead atoms. The molecule has 2 heterocycles. The molecule has 1 saturated heterocycles. The van der Waals surface area contributed by atoms with E-state index < -0.39 is 0 Å². The summed E-state index contributed by atoms with van der Waals surface area (Å²) in [5.41, 5.74) is 1.27. The zero-order chi connectivity index (χ0) is 21.8. The highest BCUT2D eigenvalue weighted by Gasteiger charge is 2.29. The van der Waals surface area contributed by atoms with E-state index in [-0.39, 0.29) is 11.9 Å². The Morgan fingerprint density at radius 3 is 2.71 bits per heavy atom. The Bertz CT molecular complexity index is 1040. The number of methoxy groups -OCH3 is 2. The Labute approximate surface area is 181 Å². The second-order valence-corrected chi connectivity index (χ2v) is 7.65. The molecule has 1 aliphatic heterocycles. The van der Waals surface area contributed by atoms with E-state index >= 15 is 0 Å². The number of carbonyl (C=O) groups is 2. The first-order valence-corrected chi connectivity index (χ1v) is 10.3. The van der Waals surface area contributed by atoms with Gasteiger partial charge in [0.2, 0.25) is 6.41 Å². The number of amides is 2. The van der Waals surface area contributed by atoms with Crippen LogP contribution < -0.4 is 9.47 Å². The first-order valence-electron chi connectivity index (χ1n) is 10.3. The van der Waals surface area contributed by atoms with Crippen LogP contribution in [-0.4, -0.2) is 55.5 Å². The van der Waals surface area contributed by atoms with Crippen LogP contribution in [-0.2, 0) is 11.3 Å². The van der Waals surface area contributed by atoms with Gasteiger partial charge in [-0.25, -0.2) is 0 Å². The summed E-state index contributed by atoms with van der Waals surface area (Å²) in [6, 6.07) is 14.8. The Morgan fingerprint density at radius 2 is 1.97 bits per heavy atom. The molecule has 0 N–H and O–H groups in total. The molecule has 4 rings (SSSR count). The van der Waals surface area contributed by atoms with Crippen LogP contribution in [0, 0.1) is 0 Å². The highest BCUT2D eigenvalue weighted by atomic mass is 16.5. The minimum absolute atomic E-state index is 0.00836. The molecule has 31 heavy (non-hydrogen) atoms. The summed E-state index contributed by atoms with van der Waals surface area (Å²) in [5.74, 6) is 1.60. The second kappa shape index (κ2) is 9.12. The fraction of sp³-hybridized carbons (Fsp3) is 0.333. The summed E-state index contributed by atoms with van der Waals surface area (Å²) in [5, 5.41) is 0.992. The lowest BCUT2D eigenvalue weighted by atomic mass is 10.1. The van der Waals surface area contributed by atoms with Gasteiger partial charge in [-0.15, -0.1) is 0 Å². The van der Waals surface area contributed by atoms with Crippen molar-refractivity contribution in [3.63, 3.8) is 0 Å². The smallest absolute Gasteiger partial charge is 0.254 e. The summed E-state index contributed by atoms with van der Waals surface area (Å²) < 4.78 is 16.6. The number of nitrogens with zero attached hydrogens (tertiary/aromatic N) is 2. The average molecular weight is 422 g/mol. The fourth-order valence-corrected chi connectivity index (χ4v) is 4.12. The van der Waals surface area contributed by atoms with Crippen LogP contribution in [0.15, 0.2) is 52.9 Å². The number of furan rings is 1. The third-order valence-corrected chi connectivity index (χ3v) is 5.73. The Hall–Kier alpha value is -3.48. The molecule has 1 atom stereocenters. The lowest BCUT2D eigenvalue weighted by molar-refractivity contribution is -0.119. The molecular weight excluding hydrogens is 396 g/mol. The number of ether oxygens (including phenoxy) is 2. The van der Waals surface area contributed by atoms with Crippen molar-refractivity contribution in [2.75, 3.05) is 27.3 Å². The zero-order valence-corrected chi connectivity index (χ0v) is 17.7. The summed E-state index contributed by atoms with van der Waals surface area (Å²) in [6.45, 7) is 1.46. The molecule has 0 radical (unpaired) electrons. The summed E-state index contributed by atoms with van der Waals surface area (Å²) in [7, 11) is 3.10. The number of hydrogen-bond donors (Lipinski definition) is 0. The SMILES string of the molecule is COc1ccc(C(=O)N(Cc2cc3ccccc3o2)C[C@@H]2CCCN2C=O)cc1OC. The summed E-state index contributed by atoms with van der Waals surface area (Å²) >= 11 is 0. The maximum Gasteiger partial charge on any atom is 0.254 e. The number of likely N-dealkylation sites (tertiary alicyclic amines) is 1. The molecule has 0 saturated carbocycles. The maximum absolute atomic E-state index is 13.5. The number of para-hydroxylation sites is 1. The molecule has 0 spiro atoms. The molecule has 162 valence electrons. The number of hydrogen-bond acceptors (Lipinski definition) is 5. The Kier molecular flexibility index (Phi) is 6.11. The van der Waals surface area contributed by atoms with E-state index in [0.717, 1.165) is 36.8 Å². The molecule has 3 aromatic rings. The molecule has 1 aliphatic rings. The van der Waals surface area contributed by atoms with Crippen LogP contribution in [0.2, 0.25) is 0 Å². The third-order valence-electron chi connectivity index (χ3n) is 5.73. The third kappa shape index (κ3) is 4.35. The lowest BCUT2D eigenvalue weighted by Crippen LogP contribution is -2.42. The van der Waals surface area contributed by atoms with Gasteiger partial charge in [-0.3, -0.25) is 9.59 Å². The molecule has 7 heteroatoms. The van der Waals surface area contributed by atoms with E-state index in [0.29, 0.717) is 35.9 Å². The van der Waals surface area contributed by atoms with E-state index in [9.17, 15) is 9.59 Å². The van der Waals surface area contributed by atoms with Gasteiger partial charge in [0.05, 0.1) is 20.8 Å². The van der Waals surface area contributed by atoms with Gasteiger partial charge >= 0.3 is 0 Å². The van der Waals surface area contributed by atoms with Crippen molar-refractivity contribution in [2.24, 2.45) is 0 Å². The monoisotopic (exact) mass is 422 g/mol. The maximum atomic E-state index is 13.5. The van der Waals surface area contributed by atoms with Crippen LogP contribution >= 0.6 is 0 Å². The largest absolute Gasteiger partial charge is 0.493 e. The number of fused-ring (bicyclic) bond motifs is 1. The molecular formula is C24H26N2O5. The zero-order valence-electron chi connectivity index (χ0n) is 17.7. The molecule has 0 aliphatic carbocycles. The van der Waals surface area contributed by atoms with E-state index in [1.54, 1.807) is 42.2 Å². The summed E-state index contributed by atoms with van der Waals surface area (Å²) in [4.78, 5) is 28.5. The molecule has 2 amide bonds. The fourth-order valence-electron chi connectivity index (χ4n) is 4.12. The van der Waals surface area contributed by atoms with Crippen LogP contribution in [0.1, 0.15) is 29.0 Å². The van der Waals surface area contributed by atoms with Crippen LogP contribution in [0.5, 0.6) is 11.5 Å². The predicted octanol–water partition coefficient (Wildman–Crippen LogP) is 3.71. The number of rotatable bonds is 8. The van der Waals surface area contributed by atoms with Crippen molar-refractivity contribution in [2.45, 2.75) is 25.4 Å². The van der Waals surface area contributed by atoms with Crippen LogP contribution in [0.3, 0.4) is 0 Å². The van der Waals surface area contributed by atoms with Crippen LogP contribution in [0.4, 0.5) is 0 Å². The van der Waals surface area contributed by atoms with Crippen molar-refractivity contribution in [3.8, 4) is 11.5 Å². The minimum Gasteiger partial charge on any atom is -0.493 e. The normalized spacial score (nSPS) is 15.8. The molecule has 7 nitrogen and oxygen atoms in total. The van der Waals surface area contributed by atoms with Gasteiger partial charge in [0.1, 0.15) is 11.3 Å². The van der Waals surface area contributed by atoms with Crippen LogP contribution in [0.25, 0.3) is 11.0 Å². The highest BCUT2D eigenvalue weighted by molar-refractivity contribution is 5.95. The van der Waals surface area contributed by atoms with Crippen molar-refractivity contribution in [3.05, 3.63) is 59.9 Å². The quantitative estimate of drug-likeness (QED) is 0.518. The van der Waals surface area contributed by atoms with E-state index in [1.807, 2.05) is 30.3 Å². The Morgan fingerprint density at radius 1 is 1.16 bits per heavy atom.